The lowest BCUT2D eigenvalue weighted by atomic mass is 9.79. The molecule has 33 heavy (non-hydrogen) atoms. The quantitative estimate of drug-likeness (QED) is 0.650. The van der Waals surface area contributed by atoms with Gasteiger partial charge in [0.05, 0.1) is 0 Å². The molecule has 4 rings (SSSR count). The minimum absolute atomic E-state index is 0.314. The van der Waals surface area contributed by atoms with Gasteiger partial charge in [0.2, 0.25) is 0 Å². The molecule has 0 bridgehead atoms. The average Bonchev–Trinajstić information content (AvgIpc) is 2.83. The van der Waals surface area contributed by atoms with Crippen LogP contribution in [-0.2, 0) is 15.8 Å². The summed E-state index contributed by atoms with van der Waals surface area (Å²) in [6.45, 7) is 5.12. The van der Waals surface area contributed by atoms with E-state index in [-0.39, 0.29) is 5.91 Å². The van der Waals surface area contributed by atoms with Crippen LogP contribution in [0.5, 0.6) is 0 Å². The van der Waals surface area contributed by atoms with Gasteiger partial charge >= 0.3 is 0 Å². The van der Waals surface area contributed by atoms with Crippen LogP contribution in [-0.4, -0.2) is 53.1 Å². The number of hydrogen-bond acceptors (Lipinski definition) is 5. The molecular weight excluding hydrogens is 412 g/mol. The molecule has 1 aromatic heterocycles. The van der Waals surface area contributed by atoms with Gasteiger partial charge in [-0.2, -0.15) is 0 Å². The molecule has 6 nitrogen and oxygen atoms in total. The van der Waals surface area contributed by atoms with Crippen LogP contribution in [0.15, 0.2) is 66.7 Å². The Bertz CT molecular complexity index is 1080. The van der Waals surface area contributed by atoms with Crippen LogP contribution in [0.3, 0.4) is 0 Å². The minimum atomic E-state index is -1.76. The fraction of sp³-hybridized carbons (Fsp3) is 0.370. The maximum absolute atomic E-state index is 14.0. The standard InChI is InChI=1S/C27H32N4O2/c1-20-18-23(30(3)4)29-24(28-20)26(2)16-11-17-31(19-26)25(32)27(33,21-12-7-5-8-13-21)22-14-9-6-10-15-22/h5-10,12-15,18,33H,11,16-17,19H2,1-4H3/t26-/m1/s1. The SMILES string of the molecule is Cc1cc(N(C)C)nc([C@]2(C)CCCN(C(=O)C(O)(c3ccccc3)c3ccccc3)C2)n1. The molecular formula is C27H32N4O2. The van der Waals surface area contributed by atoms with E-state index >= 15 is 0 Å². The van der Waals surface area contributed by atoms with E-state index in [1.165, 1.54) is 0 Å². The maximum Gasteiger partial charge on any atom is 0.264 e. The van der Waals surface area contributed by atoms with E-state index in [1.54, 1.807) is 29.2 Å². The van der Waals surface area contributed by atoms with Crippen molar-refractivity contribution in [3.05, 3.63) is 89.4 Å². The molecule has 1 amide bonds. The third kappa shape index (κ3) is 4.35. The molecule has 0 radical (unpaired) electrons. The van der Waals surface area contributed by atoms with Gasteiger partial charge in [-0.15, -0.1) is 0 Å². The first-order valence-electron chi connectivity index (χ1n) is 11.4. The van der Waals surface area contributed by atoms with E-state index in [9.17, 15) is 9.90 Å². The van der Waals surface area contributed by atoms with Gasteiger partial charge in [-0.25, -0.2) is 9.97 Å². The second-order valence-corrected chi connectivity index (χ2v) is 9.42. The smallest absolute Gasteiger partial charge is 0.264 e. The van der Waals surface area contributed by atoms with Crippen molar-refractivity contribution in [2.45, 2.75) is 37.7 Å². The fourth-order valence-electron chi connectivity index (χ4n) is 4.65. The lowest BCUT2D eigenvalue weighted by Crippen LogP contribution is -2.54. The number of carbonyl (C=O) groups excluding carboxylic acids is 1. The van der Waals surface area contributed by atoms with Crippen molar-refractivity contribution in [3.8, 4) is 0 Å². The molecule has 1 saturated heterocycles. The van der Waals surface area contributed by atoms with Gasteiger partial charge < -0.3 is 14.9 Å². The lowest BCUT2D eigenvalue weighted by molar-refractivity contribution is -0.150. The van der Waals surface area contributed by atoms with Crippen molar-refractivity contribution in [3.63, 3.8) is 0 Å². The number of anilines is 1. The van der Waals surface area contributed by atoms with Crippen LogP contribution < -0.4 is 4.90 Å². The lowest BCUT2D eigenvalue weighted by Gasteiger charge is -2.43. The molecule has 0 saturated carbocycles. The molecule has 0 aliphatic carbocycles. The van der Waals surface area contributed by atoms with E-state index in [0.29, 0.717) is 24.2 Å². The van der Waals surface area contributed by atoms with Crippen LogP contribution in [0.4, 0.5) is 5.82 Å². The second-order valence-electron chi connectivity index (χ2n) is 9.42. The summed E-state index contributed by atoms with van der Waals surface area (Å²) < 4.78 is 0. The Hall–Kier alpha value is -3.25. The van der Waals surface area contributed by atoms with Crippen LogP contribution in [0.1, 0.15) is 42.4 Å². The topological polar surface area (TPSA) is 69.6 Å². The molecule has 1 fully saturated rings. The Morgan fingerprint density at radius 3 is 2.15 bits per heavy atom. The molecule has 6 heteroatoms. The van der Waals surface area contributed by atoms with Crippen molar-refractivity contribution in [2.75, 3.05) is 32.1 Å². The van der Waals surface area contributed by atoms with Gasteiger partial charge in [0, 0.05) is 44.4 Å². The highest BCUT2D eigenvalue weighted by Crippen LogP contribution is 2.37. The number of aliphatic hydroxyl groups is 1. The Balaban J connectivity index is 1.72. The zero-order valence-corrected chi connectivity index (χ0v) is 19.8. The number of carbonyl (C=O) groups is 1. The number of likely N-dealkylation sites (tertiary alicyclic amines) is 1. The Kier molecular flexibility index (Phi) is 6.21. The highest BCUT2D eigenvalue weighted by molar-refractivity contribution is 5.90. The predicted octanol–water partition coefficient (Wildman–Crippen LogP) is 3.67. The summed E-state index contributed by atoms with van der Waals surface area (Å²) >= 11 is 0. The molecule has 0 unspecified atom stereocenters. The summed E-state index contributed by atoms with van der Waals surface area (Å²) in [7, 11) is 3.93. The summed E-state index contributed by atoms with van der Waals surface area (Å²) in [4.78, 5) is 27.3. The molecule has 3 aromatic rings. The number of nitrogens with zero attached hydrogens (tertiary/aromatic N) is 4. The summed E-state index contributed by atoms with van der Waals surface area (Å²) in [5.74, 6) is 1.28. The average molecular weight is 445 g/mol. The van der Waals surface area contributed by atoms with Gasteiger partial charge in [0.25, 0.3) is 5.91 Å². The third-order valence-electron chi connectivity index (χ3n) is 6.51. The van der Waals surface area contributed by atoms with Gasteiger partial charge in [-0.1, -0.05) is 67.6 Å². The maximum atomic E-state index is 14.0. The van der Waals surface area contributed by atoms with Crippen LogP contribution in [0, 0.1) is 6.92 Å². The highest BCUT2D eigenvalue weighted by atomic mass is 16.3. The van der Waals surface area contributed by atoms with E-state index in [0.717, 1.165) is 30.2 Å². The van der Waals surface area contributed by atoms with Gasteiger partial charge in [0.15, 0.2) is 5.60 Å². The van der Waals surface area contributed by atoms with Crippen LogP contribution in [0.25, 0.3) is 0 Å². The van der Waals surface area contributed by atoms with E-state index in [1.807, 2.05) is 68.4 Å². The normalized spacial score (nSPS) is 18.8. The summed E-state index contributed by atoms with van der Waals surface area (Å²) in [6.07, 6.45) is 1.69. The monoisotopic (exact) mass is 444 g/mol. The van der Waals surface area contributed by atoms with E-state index in [2.05, 4.69) is 6.92 Å². The van der Waals surface area contributed by atoms with E-state index in [4.69, 9.17) is 9.97 Å². The number of hydrogen-bond donors (Lipinski definition) is 1. The molecule has 1 N–H and O–H groups in total. The van der Waals surface area contributed by atoms with Crippen molar-refractivity contribution < 1.29 is 9.90 Å². The fourth-order valence-corrected chi connectivity index (χ4v) is 4.65. The number of benzene rings is 2. The van der Waals surface area contributed by atoms with Crippen molar-refractivity contribution in [2.24, 2.45) is 0 Å². The van der Waals surface area contributed by atoms with Crippen molar-refractivity contribution in [1.29, 1.82) is 0 Å². The van der Waals surface area contributed by atoms with E-state index < -0.39 is 11.0 Å². The summed E-state index contributed by atoms with van der Waals surface area (Å²) in [6, 6.07) is 20.3. The van der Waals surface area contributed by atoms with Gasteiger partial charge in [-0.3, -0.25) is 4.79 Å². The number of piperidine rings is 1. The number of amides is 1. The molecule has 1 aliphatic rings. The summed E-state index contributed by atoms with van der Waals surface area (Å²) in [5.41, 5.74) is -0.133. The largest absolute Gasteiger partial charge is 0.372 e. The Morgan fingerprint density at radius 2 is 1.61 bits per heavy atom. The van der Waals surface area contributed by atoms with Crippen LogP contribution >= 0.6 is 0 Å². The van der Waals surface area contributed by atoms with Crippen molar-refractivity contribution in [1.82, 2.24) is 14.9 Å². The molecule has 2 aromatic carbocycles. The first-order valence-corrected chi connectivity index (χ1v) is 11.4. The molecule has 2 heterocycles. The molecule has 1 atom stereocenters. The van der Waals surface area contributed by atoms with Crippen LogP contribution in [0.2, 0.25) is 0 Å². The Morgan fingerprint density at radius 1 is 1.03 bits per heavy atom. The Labute approximate surface area is 195 Å². The number of rotatable bonds is 5. The molecule has 172 valence electrons. The zero-order chi connectivity index (χ0) is 23.6. The predicted molar refractivity (Wildman–Crippen MR) is 130 cm³/mol. The van der Waals surface area contributed by atoms with Gasteiger partial charge in [0.1, 0.15) is 11.6 Å². The number of aryl methyl sites for hydroxylation is 1. The zero-order valence-electron chi connectivity index (χ0n) is 19.8. The minimum Gasteiger partial charge on any atom is -0.372 e. The first kappa shape index (κ1) is 22.9. The third-order valence-corrected chi connectivity index (χ3v) is 6.51. The second kappa shape index (κ2) is 8.94. The highest BCUT2D eigenvalue weighted by Gasteiger charge is 2.46. The number of aromatic nitrogens is 2. The molecule has 0 spiro atoms. The summed E-state index contributed by atoms with van der Waals surface area (Å²) in [5, 5.41) is 11.9. The van der Waals surface area contributed by atoms with Crippen molar-refractivity contribution >= 4 is 11.7 Å². The molecule has 1 aliphatic heterocycles. The first-order chi connectivity index (χ1) is 15.7. The van der Waals surface area contributed by atoms with Gasteiger partial charge in [-0.05, 0) is 30.9 Å².